The lowest BCUT2D eigenvalue weighted by Crippen LogP contribution is -2.22. The number of halogens is 7. The van der Waals surface area contributed by atoms with Crippen LogP contribution in [0.5, 0.6) is 5.75 Å². The largest absolute Gasteiger partial charge is 0.573 e. The van der Waals surface area contributed by atoms with Crippen molar-refractivity contribution in [1.82, 2.24) is 4.98 Å². The van der Waals surface area contributed by atoms with Gasteiger partial charge in [-0.05, 0) is 6.07 Å². The molecule has 1 aromatic rings. The molecule has 0 fully saturated rings. The second-order valence-electron chi connectivity index (χ2n) is 3.87. The minimum atomic E-state index is -5.17. The predicted octanol–water partition coefficient (Wildman–Crippen LogP) is 3.45. The summed E-state index contributed by atoms with van der Waals surface area (Å²) < 4.78 is 83.1. The van der Waals surface area contributed by atoms with E-state index in [9.17, 15) is 31.1 Å². The lowest BCUT2D eigenvalue weighted by Gasteiger charge is -2.17. The zero-order valence-corrected chi connectivity index (χ0v) is 11.6. The van der Waals surface area contributed by atoms with Gasteiger partial charge < -0.3 is 9.47 Å². The van der Waals surface area contributed by atoms with Crippen LogP contribution in [0.1, 0.15) is 17.0 Å². The molecule has 0 amide bonds. The molecule has 1 rings (SSSR count). The number of carbonyl (C=O) groups excluding carboxylic acids is 1. The van der Waals surface area contributed by atoms with Gasteiger partial charge in [-0.1, -0.05) is 0 Å². The predicted molar refractivity (Wildman–Crippen MR) is 61.2 cm³/mol. The number of hydrogen-bond acceptors (Lipinski definition) is 4. The Balaban J connectivity index is 3.43. The van der Waals surface area contributed by atoms with Crippen molar-refractivity contribution in [3.63, 3.8) is 0 Å². The lowest BCUT2D eigenvalue weighted by molar-refractivity contribution is -0.275. The summed E-state index contributed by atoms with van der Waals surface area (Å²) in [6.45, 7) is 0. The molecule has 0 radical (unpaired) electrons. The highest BCUT2D eigenvalue weighted by molar-refractivity contribution is 6.17. The Morgan fingerprint density at radius 2 is 1.86 bits per heavy atom. The first-order valence-electron chi connectivity index (χ1n) is 5.46. The highest BCUT2D eigenvalue weighted by Gasteiger charge is 2.38. The van der Waals surface area contributed by atoms with Crippen LogP contribution in [0, 0.1) is 0 Å². The Labute approximate surface area is 125 Å². The van der Waals surface area contributed by atoms with Gasteiger partial charge in [-0.3, -0.25) is 4.79 Å². The molecular formula is C11H8ClF6NO3. The number of esters is 1. The molecule has 0 aromatic carbocycles. The summed E-state index contributed by atoms with van der Waals surface area (Å²) in [7, 11) is 0.921. The minimum Gasteiger partial charge on any atom is -0.469 e. The Kier molecular flexibility index (Phi) is 5.49. The van der Waals surface area contributed by atoms with E-state index in [4.69, 9.17) is 11.6 Å². The third kappa shape index (κ3) is 4.93. The van der Waals surface area contributed by atoms with Crippen molar-refractivity contribution in [3.8, 4) is 5.75 Å². The number of carbonyl (C=O) groups is 1. The Hall–Kier alpha value is -1.71. The number of alkyl halides is 7. The molecule has 0 unspecified atom stereocenters. The van der Waals surface area contributed by atoms with Crippen LogP contribution in [0.15, 0.2) is 6.07 Å². The second-order valence-corrected chi connectivity index (χ2v) is 4.14. The number of nitrogens with zero attached hydrogens (tertiary/aromatic N) is 1. The van der Waals surface area contributed by atoms with Gasteiger partial charge in [-0.15, -0.1) is 24.8 Å². The van der Waals surface area contributed by atoms with Crippen LogP contribution < -0.4 is 4.74 Å². The van der Waals surface area contributed by atoms with E-state index in [0.717, 1.165) is 7.11 Å². The van der Waals surface area contributed by atoms with Crippen molar-refractivity contribution in [1.29, 1.82) is 0 Å². The van der Waals surface area contributed by atoms with E-state index in [-0.39, 0.29) is 0 Å². The van der Waals surface area contributed by atoms with Gasteiger partial charge in [-0.2, -0.15) is 13.2 Å². The molecule has 0 saturated heterocycles. The van der Waals surface area contributed by atoms with Gasteiger partial charge in [0.25, 0.3) is 0 Å². The van der Waals surface area contributed by atoms with Crippen LogP contribution in [0.25, 0.3) is 0 Å². The standard InChI is InChI=1S/C11H8ClF6NO3/c1-21-8(20)3-6-7(22-11(16,17)18)2-5(4-12)9(19-6)10(13,14)15/h2H,3-4H2,1H3. The third-order valence-electron chi connectivity index (χ3n) is 2.32. The molecule has 0 spiro atoms. The summed E-state index contributed by atoms with van der Waals surface area (Å²) in [4.78, 5) is 14.2. The quantitative estimate of drug-likeness (QED) is 0.473. The van der Waals surface area contributed by atoms with Crippen molar-refractivity contribution >= 4 is 17.6 Å². The Morgan fingerprint density at radius 3 is 2.27 bits per heavy atom. The third-order valence-corrected chi connectivity index (χ3v) is 2.61. The van der Waals surface area contributed by atoms with Gasteiger partial charge in [0.05, 0.1) is 19.2 Å². The van der Waals surface area contributed by atoms with E-state index in [1.54, 1.807) is 0 Å². The molecule has 0 atom stereocenters. The first-order chi connectivity index (χ1) is 9.97. The van der Waals surface area contributed by atoms with Crippen LogP contribution in [0.2, 0.25) is 0 Å². The smallest absolute Gasteiger partial charge is 0.469 e. The highest BCUT2D eigenvalue weighted by Crippen LogP contribution is 2.36. The fraction of sp³-hybridized carbons (Fsp3) is 0.455. The summed E-state index contributed by atoms with van der Waals surface area (Å²) in [5.41, 5.74) is -3.05. The maximum atomic E-state index is 12.8. The van der Waals surface area contributed by atoms with Gasteiger partial charge in [-0.25, -0.2) is 4.98 Å². The van der Waals surface area contributed by atoms with Crippen molar-refractivity contribution in [2.75, 3.05) is 7.11 Å². The van der Waals surface area contributed by atoms with E-state index in [1.807, 2.05) is 0 Å². The van der Waals surface area contributed by atoms with Gasteiger partial charge in [0, 0.05) is 11.4 Å². The summed E-state index contributed by atoms with van der Waals surface area (Å²) in [6, 6.07) is 0.453. The average Bonchev–Trinajstić information content (AvgIpc) is 2.37. The maximum Gasteiger partial charge on any atom is 0.573 e. The average molecular weight is 352 g/mol. The van der Waals surface area contributed by atoms with E-state index in [2.05, 4.69) is 14.5 Å². The zero-order valence-electron chi connectivity index (χ0n) is 10.8. The van der Waals surface area contributed by atoms with Gasteiger partial charge >= 0.3 is 18.5 Å². The fourth-order valence-electron chi connectivity index (χ4n) is 1.47. The van der Waals surface area contributed by atoms with Gasteiger partial charge in [0.2, 0.25) is 0 Å². The monoisotopic (exact) mass is 351 g/mol. The number of rotatable bonds is 4. The summed E-state index contributed by atoms with van der Waals surface area (Å²) >= 11 is 5.30. The molecule has 1 aromatic heterocycles. The van der Waals surface area contributed by atoms with Crippen LogP contribution >= 0.6 is 11.6 Å². The molecule has 0 aliphatic rings. The zero-order chi connectivity index (χ0) is 17.1. The number of ether oxygens (including phenoxy) is 2. The molecule has 22 heavy (non-hydrogen) atoms. The van der Waals surface area contributed by atoms with E-state index >= 15 is 0 Å². The Bertz CT molecular complexity index is 558. The molecule has 0 N–H and O–H groups in total. The summed E-state index contributed by atoms with van der Waals surface area (Å²) in [5, 5.41) is 0. The molecule has 0 aliphatic heterocycles. The first-order valence-corrected chi connectivity index (χ1v) is 6.00. The van der Waals surface area contributed by atoms with E-state index in [1.165, 1.54) is 0 Å². The SMILES string of the molecule is COC(=O)Cc1nc(C(F)(F)F)c(CCl)cc1OC(F)(F)F. The van der Waals surface area contributed by atoms with Crippen molar-refractivity contribution in [3.05, 3.63) is 23.0 Å². The fourth-order valence-corrected chi connectivity index (χ4v) is 1.67. The number of aromatic nitrogens is 1. The van der Waals surface area contributed by atoms with E-state index in [0.29, 0.717) is 6.07 Å². The molecular weight excluding hydrogens is 344 g/mol. The molecule has 11 heteroatoms. The molecule has 124 valence electrons. The van der Waals surface area contributed by atoms with E-state index < -0.39 is 53.5 Å². The van der Waals surface area contributed by atoms with Gasteiger partial charge in [0.1, 0.15) is 5.69 Å². The molecule has 4 nitrogen and oxygen atoms in total. The Morgan fingerprint density at radius 1 is 1.27 bits per heavy atom. The highest BCUT2D eigenvalue weighted by atomic mass is 35.5. The lowest BCUT2D eigenvalue weighted by atomic mass is 10.1. The topological polar surface area (TPSA) is 48.4 Å². The van der Waals surface area contributed by atoms with Crippen LogP contribution in [-0.4, -0.2) is 24.4 Å². The van der Waals surface area contributed by atoms with Gasteiger partial charge in [0.15, 0.2) is 5.75 Å². The molecule has 0 saturated carbocycles. The van der Waals surface area contributed by atoms with Crippen molar-refractivity contribution in [2.24, 2.45) is 0 Å². The first kappa shape index (κ1) is 18.3. The van der Waals surface area contributed by atoms with Crippen LogP contribution in [0.3, 0.4) is 0 Å². The second kappa shape index (κ2) is 6.59. The molecule has 0 bridgehead atoms. The molecule has 1 heterocycles. The summed E-state index contributed by atoms with van der Waals surface area (Å²) in [6.07, 6.45) is -11.0. The van der Waals surface area contributed by atoms with Crippen LogP contribution in [0.4, 0.5) is 26.3 Å². The number of hydrogen-bond donors (Lipinski definition) is 0. The molecule has 0 aliphatic carbocycles. The number of methoxy groups -OCH3 is 1. The maximum absolute atomic E-state index is 12.8. The normalized spacial score (nSPS) is 12.2. The summed E-state index contributed by atoms with van der Waals surface area (Å²) in [5.74, 6) is -2.86. The minimum absolute atomic E-state index is 0.453. The van der Waals surface area contributed by atoms with Crippen molar-refractivity contribution in [2.45, 2.75) is 24.8 Å². The number of pyridine rings is 1. The van der Waals surface area contributed by atoms with Crippen LogP contribution in [-0.2, 0) is 28.0 Å². The van der Waals surface area contributed by atoms with Crippen molar-refractivity contribution < 1.29 is 40.6 Å².